The minimum Gasteiger partial charge on any atom is -0.438 e. The molecule has 5 nitrogen and oxygen atoms in total. The first-order valence-electron chi connectivity index (χ1n) is 19.7. The van der Waals surface area contributed by atoms with Crippen molar-refractivity contribution in [2.75, 3.05) is 0 Å². The van der Waals surface area contributed by atoms with E-state index in [1.54, 1.807) is 0 Å². The first-order chi connectivity index (χ1) is 29.2. The highest BCUT2D eigenvalue weighted by Gasteiger charge is 2.19. The lowest BCUT2D eigenvalue weighted by Crippen LogP contribution is -2.00. The molecule has 11 aromatic rings. The van der Waals surface area contributed by atoms with Gasteiger partial charge >= 0.3 is 0 Å². The summed E-state index contributed by atoms with van der Waals surface area (Å²) in [5, 5.41) is 3.15. The molecule has 0 aliphatic rings. The maximum Gasteiger partial charge on any atom is 0.228 e. The van der Waals surface area contributed by atoms with Gasteiger partial charge in [-0.2, -0.15) is 0 Å². The largest absolute Gasteiger partial charge is 0.438 e. The second-order valence-electron chi connectivity index (χ2n) is 14.6. The van der Waals surface area contributed by atoms with E-state index < -0.39 is 0 Å². The van der Waals surface area contributed by atoms with Crippen molar-refractivity contribution in [2.24, 2.45) is 0 Å². The Morgan fingerprint density at radius 3 is 1.32 bits per heavy atom. The zero-order valence-corrected chi connectivity index (χ0v) is 31.8. The highest BCUT2D eigenvalue weighted by Crippen LogP contribution is 2.41. The molecule has 3 aromatic heterocycles. The standard InChI is InChI=1S/C54H34N4O/c1-3-13-35(14-4-1)37-25-29-39(30-26-37)51-56-52(40-31-27-38(28-32-40)36-15-5-2-6-16-36)58-53(57-51)44-20-12-18-42(34-44)41-17-11-19-43(33-41)49-45-21-7-9-23-47(45)55-54-50(49)46-22-8-10-24-48(46)59-54/h1-34H. The average molecular weight is 755 g/mol. The van der Waals surface area contributed by atoms with Crippen LogP contribution in [0, 0.1) is 0 Å². The summed E-state index contributed by atoms with van der Waals surface area (Å²) < 4.78 is 6.31. The molecule has 11 rings (SSSR count). The first kappa shape index (κ1) is 34.2. The molecule has 0 amide bonds. The molecule has 3 heterocycles. The molecule has 0 saturated carbocycles. The van der Waals surface area contributed by atoms with Crippen LogP contribution >= 0.6 is 0 Å². The monoisotopic (exact) mass is 754 g/mol. The van der Waals surface area contributed by atoms with Gasteiger partial charge in [0.25, 0.3) is 0 Å². The molecule has 8 aromatic carbocycles. The molecule has 276 valence electrons. The van der Waals surface area contributed by atoms with Crippen molar-refractivity contribution < 1.29 is 4.42 Å². The Morgan fingerprint density at radius 2 is 0.712 bits per heavy atom. The quantitative estimate of drug-likeness (QED) is 0.162. The number of fused-ring (bicyclic) bond motifs is 4. The van der Waals surface area contributed by atoms with Gasteiger partial charge in [0.2, 0.25) is 5.71 Å². The highest BCUT2D eigenvalue weighted by atomic mass is 16.3. The van der Waals surface area contributed by atoms with Gasteiger partial charge in [0.1, 0.15) is 5.58 Å². The fourth-order valence-electron chi connectivity index (χ4n) is 8.02. The third kappa shape index (κ3) is 6.41. The molecule has 0 atom stereocenters. The van der Waals surface area contributed by atoms with Crippen LogP contribution < -0.4 is 0 Å². The summed E-state index contributed by atoms with van der Waals surface area (Å²) in [7, 11) is 0. The number of rotatable bonds is 7. The topological polar surface area (TPSA) is 64.7 Å². The molecule has 0 saturated heterocycles. The predicted molar refractivity (Wildman–Crippen MR) is 240 cm³/mol. The van der Waals surface area contributed by atoms with Gasteiger partial charge in [0.05, 0.1) is 10.9 Å². The van der Waals surface area contributed by atoms with E-state index in [4.69, 9.17) is 24.4 Å². The molecule has 0 aliphatic heterocycles. The van der Waals surface area contributed by atoms with Crippen LogP contribution in [0.3, 0.4) is 0 Å². The van der Waals surface area contributed by atoms with E-state index in [2.05, 4.69) is 170 Å². The maximum atomic E-state index is 6.31. The molecule has 0 fully saturated rings. The van der Waals surface area contributed by atoms with Gasteiger partial charge in [-0.05, 0) is 63.2 Å². The van der Waals surface area contributed by atoms with Crippen molar-refractivity contribution in [3.8, 4) is 78.7 Å². The normalized spacial score (nSPS) is 11.4. The SMILES string of the molecule is c1ccc(-c2ccc(-c3nc(-c4ccc(-c5ccccc5)cc4)nc(-c4cccc(-c5cccc(-c6c7ccccc7nc7oc8ccccc8c67)c5)c4)n3)cc2)cc1. The minimum atomic E-state index is 0.606. The summed E-state index contributed by atoms with van der Waals surface area (Å²) in [5.41, 5.74) is 14.0. The van der Waals surface area contributed by atoms with Crippen LogP contribution in [0.4, 0.5) is 0 Å². The Kier molecular flexibility index (Phi) is 8.41. The van der Waals surface area contributed by atoms with Crippen molar-refractivity contribution >= 4 is 33.0 Å². The van der Waals surface area contributed by atoms with Crippen LogP contribution in [0.25, 0.3) is 112 Å². The summed E-state index contributed by atoms with van der Waals surface area (Å²) in [6.45, 7) is 0. The van der Waals surface area contributed by atoms with Gasteiger partial charge in [-0.1, -0.05) is 182 Å². The Balaban J connectivity index is 1.02. The number of benzene rings is 8. The van der Waals surface area contributed by atoms with E-state index in [0.717, 1.165) is 88.5 Å². The number of hydrogen-bond donors (Lipinski definition) is 0. The molecular weight excluding hydrogens is 721 g/mol. The number of hydrogen-bond acceptors (Lipinski definition) is 5. The Morgan fingerprint density at radius 1 is 0.288 bits per heavy atom. The highest BCUT2D eigenvalue weighted by molar-refractivity contribution is 6.18. The Labute approximate surface area is 341 Å². The van der Waals surface area contributed by atoms with Gasteiger partial charge in [-0.3, -0.25) is 0 Å². The number of pyridine rings is 1. The summed E-state index contributed by atoms with van der Waals surface area (Å²) in [6.07, 6.45) is 0. The Bertz CT molecular complexity index is 3200. The number of nitrogens with zero attached hydrogens (tertiary/aromatic N) is 4. The summed E-state index contributed by atoms with van der Waals surface area (Å²) in [6, 6.07) is 71.3. The summed E-state index contributed by atoms with van der Waals surface area (Å²) in [5.74, 6) is 1.84. The fourth-order valence-corrected chi connectivity index (χ4v) is 8.02. The molecule has 59 heavy (non-hydrogen) atoms. The molecule has 0 radical (unpaired) electrons. The minimum absolute atomic E-state index is 0.606. The molecule has 0 aliphatic carbocycles. The summed E-state index contributed by atoms with van der Waals surface area (Å²) in [4.78, 5) is 20.2. The third-order valence-electron chi connectivity index (χ3n) is 11.0. The molecule has 0 N–H and O–H groups in total. The van der Waals surface area contributed by atoms with Crippen molar-refractivity contribution in [3.63, 3.8) is 0 Å². The van der Waals surface area contributed by atoms with Crippen molar-refractivity contribution in [2.45, 2.75) is 0 Å². The van der Waals surface area contributed by atoms with Gasteiger partial charge in [-0.15, -0.1) is 0 Å². The lowest BCUT2D eigenvalue weighted by Gasteiger charge is -2.12. The van der Waals surface area contributed by atoms with Gasteiger partial charge in [-0.25, -0.2) is 19.9 Å². The lowest BCUT2D eigenvalue weighted by molar-refractivity contribution is 0.656. The molecular formula is C54H34N4O. The summed E-state index contributed by atoms with van der Waals surface area (Å²) >= 11 is 0. The second-order valence-corrected chi connectivity index (χ2v) is 14.6. The average Bonchev–Trinajstić information content (AvgIpc) is 3.69. The smallest absolute Gasteiger partial charge is 0.228 e. The van der Waals surface area contributed by atoms with Gasteiger partial charge in [0.15, 0.2) is 17.5 Å². The first-order valence-corrected chi connectivity index (χ1v) is 19.7. The van der Waals surface area contributed by atoms with Crippen LogP contribution in [0.2, 0.25) is 0 Å². The van der Waals surface area contributed by atoms with Crippen LogP contribution in [0.15, 0.2) is 211 Å². The van der Waals surface area contributed by atoms with Crippen molar-refractivity contribution in [1.29, 1.82) is 0 Å². The molecule has 0 bridgehead atoms. The number of aromatic nitrogens is 4. The molecule has 0 unspecified atom stereocenters. The number of furan rings is 1. The number of para-hydroxylation sites is 2. The van der Waals surface area contributed by atoms with E-state index in [9.17, 15) is 0 Å². The third-order valence-corrected chi connectivity index (χ3v) is 11.0. The van der Waals surface area contributed by atoms with E-state index in [1.807, 2.05) is 36.4 Å². The Hall–Kier alpha value is -8.02. The zero-order chi connectivity index (χ0) is 39.1. The van der Waals surface area contributed by atoms with E-state index in [0.29, 0.717) is 23.2 Å². The van der Waals surface area contributed by atoms with E-state index >= 15 is 0 Å². The van der Waals surface area contributed by atoms with Crippen LogP contribution in [-0.2, 0) is 0 Å². The van der Waals surface area contributed by atoms with Crippen LogP contribution in [-0.4, -0.2) is 19.9 Å². The van der Waals surface area contributed by atoms with Gasteiger partial charge < -0.3 is 4.42 Å². The van der Waals surface area contributed by atoms with E-state index in [-0.39, 0.29) is 0 Å². The van der Waals surface area contributed by atoms with Crippen LogP contribution in [0.1, 0.15) is 0 Å². The zero-order valence-electron chi connectivity index (χ0n) is 31.8. The van der Waals surface area contributed by atoms with Crippen LogP contribution in [0.5, 0.6) is 0 Å². The van der Waals surface area contributed by atoms with E-state index in [1.165, 1.54) is 0 Å². The van der Waals surface area contributed by atoms with Crippen molar-refractivity contribution in [3.05, 3.63) is 206 Å². The fraction of sp³-hybridized carbons (Fsp3) is 0. The molecule has 5 heteroatoms. The van der Waals surface area contributed by atoms with Crippen molar-refractivity contribution in [1.82, 2.24) is 19.9 Å². The maximum absolute atomic E-state index is 6.31. The predicted octanol–water partition coefficient (Wildman–Crippen LogP) is 14.0. The lowest BCUT2D eigenvalue weighted by atomic mass is 9.93. The molecule has 0 spiro atoms. The second kappa shape index (κ2) is 14.5. The van der Waals surface area contributed by atoms with Gasteiger partial charge in [0, 0.05) is 33.0 Å².